The molecule has 0 unspecified atom stereocenters. The molecule has 4 aromatic rings. The molecule has 0 spiro atoms. The van der Waals surface area contributed by atoms with E-state index in [1.807, 2.05) is 30.3 Å². The van der Waals surface area contributed by atoms with Gasteiger partial charge in [-0.3, -0.25) is 19.7 Å². The summed E-state index contributed by atoms with van der Waals surface area (Å²) in [7, 11) is 3.73. The van der Waals surface area contributed by atoms with Gasteiger partial charge in [0.15, 0.2) is 6.61 Å². The van der Waals surface area contributed by atoms with Crippen LogP contribution in [0.3, 0.4) is 0 Å². The molecule has 2 heterocycles. The summed E-state index contributed by atoms with van der Waals surface area (Å²) in [4.78, 5) is 52.0. The number of thiophene rings is 2. The van der Waals surface area contributed by atoms with Crippen molar-refractivity contribution in [3.8, 4) is 36.4 Å². The first-order chi connectivity index (χ1) is 20.2. The molecule has 2 aromatic heterocycles. The van der Waals surface area contributed by atoms with Gasteiger partial charge in [-0.05, 0) is 59.7 Å². The van der Waals surface area contributed by atoms with Gasteiger partial charge >= 0.3 is 17.9 Å². The molecule has 0 atom stereocenters. The number of nitrogens with zero attached hydrogens (tertiary/aromatic N) is 2. The Hall–Kier alpha value is -4.75. The fraction of sp³-hybridized carbons (Fsp3) is 0.207. The van der Waals surface area contributed by atoms with Crippen molar-refractivity contribution in [2.24, 2.45) is 0 Å². The van der Waals surface area contributed by atoms with Crippen molar-refractivity contribution in [1.29, 1.82) is 0 Å². The number of methoxy groups -OCH3 is 3. The van der Waals surface area contributed by atoms with Crippen LogP contribution in [0.2, 0.25) is 0 Å². The molecule has 0 amide bonds. The minimum atomic E-state index is -0.598. The van der Waals surface area contributed by atoms with Crippen LogP contribution in [0.25, 0.3) is 30.6 Å². The number of nitro benzene ring substituents is 1. The highest BCUT2D eigenvalue weighted by molar-refractivity contribution is 7.25. The van der Waals surface area contributed by atoms with Gasteiger partial charge in [0, 0.05) is 31.6 Å². The molecule has 0 bridgehead atoms. The summed E-state index contributed by atoms with van der Waals surface area (Å²) in [5, 5.41) is 11.0. The van der Waals surface area contributed by atoms with Crippen LogP contribution in [0, 0.1) is 10.1 Å². The van der Waals surface area contributed by atoms with Crippen LogP contribution >= 0.6 is 22.7 Å². The topological polar surface area (TPSA) is 135 Å². The van der Waals surface area contributed by atoms with Crippen LogP contribution < -0.4 is 9.64 Å². The lowest BCUT2D eigenvalue weighted by Gasteiger charge is -2.25. The number of carbonyl (C=O) groups excluding carboxylic acids is 3. The molecule has 0 aliphatic carbocycles. The molecular formula is C29H26N2O9S2. The molecule has 11 nitrogen and oxygen atoms in total. The van der Waals surface area contributed by atoms with E-state index in [0.29, 0.717) is 5.69 Å². The van der Waals surface area contributed by atoms with Gasteiger partial charge < -0.3 is 23.8 Å². The fourth-order valence-corrected chi connectivity index (χ4v) is 6.01. The average molecular weight is 611 g/mol. The van der Waals surface area contributed by atoms with Crippen molar-refractivity contribution >= 4 is 52.0 Å². The highest BCUT2D eigenvalue weighted by Crippen LogP contribution is 2.42. The molecular weight excluding hydrogens is 584 g/mol. The zero-order valence-electron chi connectivity index (χ0n) is 22.9. The normalized spacial score (nSPS) is 10.5. The van der Waals surface area contributed by atoms with E-state index in [1.54, 1.807) is 46.9 Å². The van der Waals surface area contributed by atoms with E-state index >= 15 is 0 Å². The van der Waals surface area contributed by atoms with E-state index in [0.717, 1.165) is 30.6 Å². The van der Waals surface area contributed by atoms with E-state index in [-0.39, 0.29) is 31.1 Å². The fourth-order valence-electron chi connectivity index (χ4n) is 3.91. The smallest absolute Gasteiger partial charge is 0.343 e. The van der Waals surface area contributed by atoms with Gasteiger partial charge in [0.1, 0.15) is 18.8 Å². The molecule has 2 aromatic carbocycles. The number of carbonyl (C=O) groups is 3. The standard InChI is InChI=1S/C29H26N2O9S2/c1-37-27(32)15-30(16-28(33)38-2)21-9-6-19(14-22(21)40-17-29(34)39-3)24-11-13-26(42-24)25-12-10-23(41-25)18-4-7-20(8-5-18)31(35)36/h4-14H,15-17H2,1-3H3. The lowest BCUT2D eigenvalue weighted by molar-refractivity contribution is -0.384. The summed E-state index contributed by atoms with van der Waals surface area (Å²) in [5.74, 6) is -1.49. The molecule has 0 radical (unpaired) electrons. The number of rotatable bonds is 12. The maximum absolute atomic E-state index is 12.1. The second kappa shape index (κ2) is 13.7. The van der Waals surface area contributed by atoms with Crippen LogP contribution in [0.5, 0.6) is 5.75 Å². The Balaban J connectivity index is 1.64. The number of nitro groups is 1. The predicted molar refractivity (Wildman–Crippen MR) is 159 cm³/mol. The van der Waals surface area contributed by atoms with Crippen molar-refractivity contribution in [1.82, 2.24) is 0 Å². The summed E-state index contributed by atoms with van der Waals surface area (Å²) in [6.45, 7) is -0.885. The monoisotopic (exact) mass is 610 g/mol. The highest BCUT2D eigenvalue weighted by atomic mass is 32.1. The molecule has 42 heavy (non-hydrogen) atoms. The molecule has 0 aliphatic rings. The maximum atomic E-state index is 12.1. The Morgan fingerprint density at radius 2 is 1.21 bits per heavy atom. The molecule has 13 heteroatoms. The molecule has 0 N–H and O–H groups in total. The number of benzene rings is 2. The van der Waals surface area contributed by atoms with Gasteiger partial charge in [0.05, 0.1) is 31.9 Å². The number of anilines is 1. The molecule has 4 rings (SSSR count). The van der Waals surface area contributed by atoms with E-state index in [1.165, 1.54) is 38.4 Å². The summed E-state index contributed by atoms with van der Waals surface area (Å²) in [6.07, 6.45) is 0. The maximum Gasteiger partial charge on any atom is 0.343 e. The summed E-state index contributed by atoms with van der Waals surface area (Å²) < 4.78 is 20.0. The third kappa shape index (κ3) is 7.30. The lowest BCUT2D eigenvalue weighted by Crippen LogP contribution is -2.36. The second-order valence-corrected chi connectivity index (χ2v) is 10.9. The van der Waals surface area contributed by atoms with Gasteiger partial charge in [-0.15, -0.1) is 22.7 Å². The van der Waals surface area contributed by atoms with Crippen LogP contribution in [0.15, 0.2) is 66.7 Å². The van der Waals surface area contributed by atoms with Crippen LogP contribution in [0.4, 0.5) is 11.4 Å². The molecule has 0 saturated heterocycles. The third-order valence-corrected chi connectivity index (χ3v) is 8.54. The Labute approximate surface area is 249 Å². The van der Waals surface area contributed by atoms with Crippen LogP contribution in [0.1, 0.15) is 0 Å². The van der Waals surface area contributed by atoms with Crippen molar-refractivity contribution in [3.05, 3.63) is 76.8 Å². The largest absolute Gasteiger partial charge is 0.480 e. The second-order valence-electron chi connectivity index (χ2n) is 8.69. The van der Waals surface area contributed by atoms with E-state index < -0.39 is 22.8 Å². The van der Waals surface area contributed by atoms with Gasteiger partial charge in [-0.25, -0.2) is 4.79 Å². The first-order valence-corrected chi connectivity index (χ1v) is 14.0. The Morgan fingerprint density at radius 1 is 0.714 bits per heavy atom. The van der Waals surface area contributed by atoms with E-state index in [2.05, 4.69) is 0 Å². The number of esters is 3. The SMILES string of the molecule is COC(=O)COc1cc(-c2ccc(-c3ccc(-c4ccc([N+](=O)[O-])cc4)s3)s2)ccc1N(CC(=O)OC)CC(=O)OC. The van der Waals surface area contributed by atoms with Crippen molar-refractivity contribution < 1.29 is 38.3 Å². The van der Waals surface area contributed by atoms with Crippen LogP contribution in [-0.2, 0) is 28.6 Å². The number of hydrogen-bond acceptors (Lipinski definition) is 12. The summed E-state index contributed by atoms with van der Waals surface area (Å²) >= 11 is 3.12. The van der Waals surface area contributed by atoms with Gasteiger partial charge in [-0.1, -0.05) is 6.07 Å². The van der Waals surface area contributed by atoms with Crippen molar-refractivity contribution in [2.45, 2.75) is 0 Å². The third-order valence-electron chi connectivity index (χ3n) is 6.07. The average Bonchev–Trinajstić information content (AvgIpc) is 3.70. The quantitative estimate of drug-likeness (QED) is 0.0885. The lowest BCUT2D eigenvalue weighted by atomic mass is 10.1. The van der Waals surface area contributed by atoms with Gasteiger partial charge in [0.25, 0.3) is 5.69 Å². The Kier molecular flexibility index (Phi) is 9.89. The van der Waals surface area contributed by atoms with Crippen molar-refractivity contribution in [2.75, 3.05) is 45.9 Å². The van der Waals surface area contributed by atoms with E-state index in [4.69, 9.17) is 18.9 Å². The predicted octanol–water partition coefficient (Wildman–Crippen LogP) is 5.42. The molecule has 0 fully saturated rings. The summed E-state index contributed by atoms with van der Waals surface area (Å²) in [5.41, 5.74) is 2.11. The molecule has 0 aliphatic heterocycles. The number of ether oxygens (including phenoxy) is 4. The first-order valence-electron chi connectivity index (χ1n) is 12.4. The Morgan fingerprint density at radius 3 is 1.74 bits per heavy atom. The number of non-ortho nitro benzene ring substituents is 1. The minimum Gasteiger partial charge on any atom is -0.480 e. The van der Waals surface area contributed by atoms with Crippen molar-refractivity contribution in [3.63, 3.8) is 0 Å². The highest BCUT2D eigenvalue weighted by Gasteiger charge is 2.22. The van der Waals surface area contributed by atoms with Gasteiger partial charge in [0.2, 0.25) is 0 Å². The van der Waals surface area contributed by atoms with Crippen LogP contribution in [-0.4, -0.2) is 63.9 Å². The molecule has 218 valence electrons. The summed E-state index contributed by atoms with van der Waals surface area (Å²) in [6, 6.07) is 19.6. The zero-order valence-corrected chi connectivity index (χ0v) is 24.5. The molecule has 0 saturated carbocycles. The zero-order chi connectivity index (χ0) is 30.2. The van der Waals surface area contributed by atoms with E-state index in [9.17, 15) is 24.5 Å². The first kappa shape index (κ1) is 30.2. The number of hydrogen-bond donors (Lipinski definition) is 0. The van der Waals surface area contributed by atoms with Gasteiger partial charge in [-0.2, -0.15) is 0 Å². The minimum absolute atomic E-state index is 0.0399. The Bertz CT molecular complexity index is 1580.